The van der Waals surface area contributed by atoms with E-state index < -0.39 is 0 Å². The predicted molar refractivity (Wildman–Crippen MR) is 120 cm³/mol. The van der Waals surface area contributed by atoms with Crippen LogP contribution in [0.5, 0.6) is 0 Å². The Morgan fingerprint density at radius 2 is 2.00 bits per heavy atom. The van der Waals surface area contributed by atoms with Crippen LogP contribution in [0.2, 0.25) is 5.02 Å². The third-order valence-electron chi connectivity index (χ3n) is 6.06. The van der Waals surface area contributed by atoms with Crippen LogP contribution >= 0.6 is 11.6 Å². The van der Waals surface area contributed by atoms with Gasteiger partial charge in [0.25, 0.3) is 5.91 Å². The number of nitrogens with zero attached hydrogens (tertiary/aromatic N) is 2. The van der Waals surface area contributed by atoms with Crippen molar-refractivity contribution in [1.82, 2.24) is 9.47 Å². The molecule has 3 aromatic rings. The number of ether oxygens (including phenoxy) is 1. The van der Waals surface area contributed by atoms with Crippen LogP contribution < -0.4 is 5.32 Å². The van der Waals surface area contributed by atoms with Gasteiger partial charge in [0.2, 0.25) is 5.91 Å². The number of aromatic nitrogens is 1. The maximum atomic E-state index is 13.4. The number of carbonyl (C=O) groups is 2. The van der Waals surface area contributed by atoms with Crippen molar-refractivity contribution in [2.45, 2.75) is 19.4 Å². The molecular formula is C24H22ClN3O3. The van der Waals surface area contributed by atoms with Gasteiger partial charge in [-0.05, 0) is 35.4 Å². The van der Waals surface area contributed by atoms with E-state index in [1.54, 1.807) is 7.11 Å². The highest BCUT2D eigenvalue weighted by atomic mass is 35.5. The van der Waals surface area contributed by atoms with Gasteiger partial charge in [-0.25, -0.2) is 0 Å². The summed E-state index contributed by atoms with van der Waals surface area (Å²) in [6.07, 6.45) is 2.10. The smallest absolute Gasteiger partial charge is 0.259 e. The molecular weight excluding hydrogens is 414 g/mol. The lowest BCUT2D eigenvalue weighted by Crippen LogP contribution is -2.33. The first-order chi connectivity index (χ1) is 15.0. The van der Waals surface area contributed by atoms with E-state index in [2.05, 4.69) is 22.1 Å². The normalized spacial score (nSPS) is 17.7. The van der Waals surface area contributed by atoms with Gasteiger partial charge < -0.3 is 14.6 Å². The molecule has 0 saturated heterocycles. The maximum Gasteiger partial charge on any atom is 0.259 e. The molecule has 2 aromatic carbocycles. The van der Waals surface area contributed by atoms with Crippen molar-refractivity contribution in [2.24, 2.45) is 0 Å². The first kappa shape index (κ1) is 19.8. The Hall–Kier alpha value is -3.09. The minimum Gasteiger partial charge on any atom is -0.383 e. The first-order valence-corrected chi connectivity index (χ1v) is 10.6. The highest BCUT2D eigenvalue weighted by molar-refractivity contribution is 6.30. The van der Waals surface area contributed by atoms with Crippen molar-refractivity contribution in [3.8, 4) is 0 Å². The van der Waals surface area contributed by atoms with Gasteiger partial charge in [0.05, 0.1) is 24.2 Å². The van der Waals surface area contributed by atoms with Gasteiger partial charge in [-0.2, -0.15) is 0 Å². The maximum absolute atomic E-state index is 13.4. The molecule has 31 heavy (non-hydrogen) atoms. The van der Waals surface area contributed by atoms with Crippen molar-refractivity contribution in [3.63, 3.8) is 0 Å². The largest absolute Gasteiger partial charge is 0.383 e. The summed E-state index contributed by atoms with van der Waals surface area (Å²) in [6, 6.07) is 13.7. The number of benzene rings is 2. The fourth-order valence-corrected chi connectivity index (χ4v) is 4.78. The molecule has 0 aliphatic carbocycles. The Labute approximate surface area is 185 Å². The van der Waals surface area contributed by atoms with Gasteiger partial charge in [-0.1, -0.05) is 29.8 Å². The van der Waals surface area contributed by atoms with Gasteiger partial charge >= 0.3 is 0 Å². The summed E-state index contributed by atoms with van der Waals surface area (Å²) in [4.78, 5) is 26.8. The molecule has 1 unspecified atom stereocenters. The zero-order valence-electron chi connectivity index (χ0n) is 17.3. The topological polar surface area (TPSA) is 63.6 Å². The third-order valence-corrected chi connectivity index (χ3v) is 6.31. The summed E-state index contributed by atoms with van der Waals surface area (Å²) in [7, 11) is 1.68. The van der Waals surface area contributed by atoms with E-state index in [1.165, 1.54) is 11.8 Å². The predicted octanol–water partition coefficient (Wildman–Crippen LogP) is 4.14. The number of carbonyl (C=O) groups excluding carboxylic acids is 2. The molecule has 2 aliphatic rings. The van der Waals surface area contributed by atoms with E-state index in [9.17, 15) is 9.59 Å². The Morgan fingerprint density at radius 1 is 1.23 bits per heavy atom. The summed E-state index contributed by atoms with van der Waals surface area (Å²) in [6.45, 7) is 2.95. The third kappa shape index (κ3) is 3.14. The van der Waals surface area contributed by atoms with Gasteiger partial charge in [-0.3, -0.25) is 14.5 Å². The van der Waals surface area contributed by atoms with Gasteiger partial charge in [0.15, 0.2) is 0 Å². The highest BCUT2D eigenvalue weighted by Crippen LogP contribution is 2.46. The van der Waals surface area contributed by atoms with Crippen LogP contribution in [0.25, 0.3) is 10.9 Å². The quantitative estimate of drug-likeness (QED) is 0.669. The van der Waals surface area contributed by atoms with Crippen LogP contribution in [0, 0.1) is 0 Å². The summed E-state index contributed by atoms with van der Waals surface area (Å²) < 4.78 is 7.46. The molecule has 1 atom stereocenters. The van der Waals surface area contributed by atoms with E-state index in [4.69, 9.17) is 16.3 Å². The number of anilines is 1. The number of imide groups is 1. The lowest BCUT2D eigenvalue weighted by Gasteiger charge is -2.19. The summed E-state index contributed by atoms with van der Waals surface area (Å²) in [5.74, 6) is -0.821. The van der Waals surface area contributed by atoms with Crippen LogP contribution in [0.15, 0.2) is 59.9 Å². The molecule has 5 rings (SSSR count). The van der Waals surface area contributed by atoms with Gasteiger partial charge in [-0.15, -0.1) is 0 Å². The Balaban J connectivity index is 1.77. The van der Waals surface area contributed by atoms with Gasteiger partial charge in [0.1, 0.15) is 0 Å². The second kappa shape index (κ2) is 7.55. The van der Waals surface area contributed by atoms with Crippen molar-refractivity contribution < 1.29 is 14.3 Å². The van der Waals surface area contributed by atoms with E-state index in [1.807, 2.05) is 36.4 Å². The SMILES string of the molecule is COCCn1cc2c3c(cccc31)NC1=C(C(=O)N(C(C)=O)C1)C2c1ccc(Cl)cc1. The van der Waals surface area contributed by atoms with E-state index in [0.717, 1.165) is 33.4 Å². The molecule has 1 aromatic heterocycles. The Morgan fingerprint density at radius 3 is 2.71 bits per heavy atom. The number of amides is 2. The molecule has 158 valence electrons. The number of hydrogen-bond donors (Lipinski definition) is 1. The number of rotatable bonds is 4. The molecule has 0 saturated carbocycles. The summed E-state index contributed by atoms with van der Waals surface area (Å²) in [5, 5.41) is 5.19. The summed E-state index contributed by atoms with van der Waals surface area (Å²) in [5.41, 5.74) is 5.38. The van der Waals surface area contributed by atoms with Gasteiger partial charge in [0, 0.05) is 54.5 Å². The lowest BCUT2D eigenvalue weighted by molar-refractivity contribution is -0.139. The fraction of sp³-hybridized carbons (Fsp3) is 0.250. The monoisotopic (exact) mass is 435 g/mol. The molecule has 3 heterocycles. The highest BCUT2D eigenvalue weighted by Gasteiger charge is 2.41. The number of nitrogens with one attached hydrogen (secondary N) is 1. The second-order valence-corrected chi connectivity index (χ2v) is 8.32. The van der Waals surface area contributed by atoms with E-state index in [-0.39, 0.29) is 24.3 Å². The molecule has 7 heteroatoms. The molecule has 6 nitrogen and oxygen atoms in total. The Bertz CT molecular complexity index is 1240. The molecule has 0 fully saturated rings. The van der Waals surface area contributed by atoms with Crippen LogP contribution in [-0.2, 0) is 20.9 Å². The number of methoxy groups -OCH3 is 1. The van der Waals surface area contributed by atoms with E-state index >= 15 is 0 Å². The minimum atomic E-state index is -0.313. The average Bonchev–Trinajstić information content (AvgIpc) is 3.23. The van der Waals surface area contributed by atoms with Crippen molar-refractivity contribution in [3.05, 3.63) is 76.1 Å². The first-order valence-electron chi connectivity index (χ1n) is 10.2. The minimum absolute atomic E-state index is 0.248. The van der Waals surface area contributed by atoms with Crippen molar-refractivity contribution in [1.29, 1.82) is 0 Å². The number of halogens is 1. The second-order valence-electron chi connectivity index (χ2n) is 7.88. The van der Waals surface area contributed by atoms with Crippen molar-refractivity contribution >= 4 is 40.0 Å². The average molecular weight is 436 g/mol. The van der Waals surface area contributed by atoms with E-state index in [0.29, 0.717) is 23.7 Å². The molecule has 2 aliphatic heterocycles. The molecule has 0 bridgehead atoms. The van der Waals surface area contributed by atoms with Crippen LogP contribution in [0.1, 0.15) is 24.0 Å². The molecule has 2 amide bonds. The standard InChI is InChI=1S/C24H22ClN3O3/c1-14(29)28-13-19-23(24(28)30)21(15-6-8-16(25)9-7-15)17-12-27(10-11-31-2)20-5-3-4-18(26-19)22(17)20/h3-9,12,21,26H,10-11,13H2,1-2H3. The Kier molecular flexibility index (Phi) is 4.84. The fourth-order valence-electron chi connectivity index (χ4n) is 4.65. The van der Waals surface area contributed by atoms with Crippen LogP contribution in [0.4, 0.5) is 5.69 Å². The van der Waals surface area contributed by atoms with Crippen LogP contribution in [0.3, 0.4) is 0 Å². The molecule has 0 spiro atoms. The summed E-state index contributed by atoms with van der Waals surface area (Å²) >= 11 is 6.15. The zero-order chi connectivity index (χ0) is 21.7. The van der Waals surface area contributed by atoms with Crippen LogP contribution in [-0.4, -0.2) is 41.5 Å². The molecule has 0 radical (unpaired) electrons. The zero-order valence-corrected chi connectivity index (χ0v) is 18.1. The van der Waals surface area contributed by atoms with Crippen molar-refractivity contribution in [2.75, 3.05) is 25.6 Å². The number of hydrogen-bond acceptors (Lipinski definition) is 4. The molecule has 1 N–H and O–H groups in total. The lowest BCUT2D eigenvalue weighted by atomic mass is 9.84.